The van der Waals surface area contributed by atoms with Gasteiger partial charge in [-0.15, -0.1) is 0 Å². The molecular weight excluding hydrogens is 377 g/mol. The van der Waals surface area contributed by atoms with Crippen LogP contribution in [0.15, 0.2) is 0 Å². The van der Waals surface area contributed by atoms with E-state index in [0.29, 0.717) is 19.8 Å². The van der Waals surface area contributed by atoms with E-state index in [-0.39, 0.29) is 71.6 Å². The Kier molecular flexibility index (Phi) is 54.8. The summed E-state index contributed by atoms with van der Waals surface area (Å²) in [4.78, 5) is 0. The van der Waals surface area contributed by atoms with Crippen LogP contribution in [0.5, 0.6) is 0 Å². The van der Waals surface area contributed by atoms with Gasteiger partial charge in [0, 0.05) is 61.0 Å². The molecule has 6 nitrogen and oxygen atoms in total. The molecule has 0 aliphatic rings. The summed E-state index contributed by atoms with van der Waals surface area (Å²) in [5.41, 5.74) is 0. The second-order valence-electron chi connectivity index (χ2n) is 3.21. The summed E-state index contributed by atoms with van der Waals surface area (Å²) in [6.07, 6.45) is 2.24. The van der Waals surface area contributed by atoms with Crippen LogP contribution in [0.4, 0.5) is 0 Å². The van der Waals surface area contributed by atoms with E-state index in [2.05, 4.69) is 14.2 Å². The molecule has 0 radical (unpaired) electrons. The zero-order chi connectivity index (χ0) is 14.5. The maximum absolute atomic E-state index is 8.12. The molecule has 0 fully saturated rings. The molecule has 0 saturated carbocycles. The Balaban J connectivity index is -0.0000000375. The van der Waals surface area contributed by atoms with Gasteiger partial charge in [-0.2, -0.15) is 0 Å². The molecule has 0 spiro atoms. The van der Waals surface area contributed by atoms with Crippen LogP contribution in [0.2, 0.25) is 0 Å². The molecule has 0 unspecified atom stereocenters. The monoisotopic (exact) mass is 410 g/mol. The summed E-state index contributed by atoms with van der Waals surface area (Å²) in [5.74, 6) is 0. The predicted molar refractivity (Wildman–Crippen MR) is 78.7 cm³/mol. The summed E-state index contributed by atoms with van der Waals surface area (Å²) in [6, 6.07) is 0. The van der Waals surface area contributed by atoms with Gasteiger partial charge < -0.3 is 32.4 Å². The van der Waals surface area contributed by atoms with Crippen LogP contribution in [-0.2, 0) is 14.2 Å². The van der Waals surface area contributed by atoms with Gasteiger partial charge in [0.25, 0.3) is 0 Å². The van der Waals surface area contributed by atoms with Gasteiger partial charge in [0.2, 0.25) is 0 Å². The third kappa shape index (κ3) is 54.4. The Morgan fingerprint density at radius 1 is 0.632 bits per heavy atom. The van der Waals surface area contributed by atoms with Crippen molar-refractivity contribution in [2.45, 2.75) is 19.3 Å². The van der Waals surface area contributed by atoms with E-state index < -0.39 is 0 Å². The second kappa shape index (κ2) is 36.6. The Labute approximate surface area is 160 Å². The molecule has 3 N–H and O–H groups in total. The van der Waals surface area contributed by atoms with Crippen LogP contribution in [0.3, 0.4) is 0 Å². The van der Waals surface area contributed by atoms with Gasteiger partial charge in [0.1, 0.15) is 0 Å². The molecule has 0 atom stereocenters. The quantitative estimate of drug-likeness (QED) is 0.364. The average Bonchev–Trinajstić information content (AvgIpc) is 2.42. The van der Waals surface area contributed by atoms with Crippen molar-refractivity contribution in [2.75, 3.05) is 61.0 Å². The fourth-order valence-electron chi connectivity index (χ4n) is 0.627. The second-order valence-corrected chi connectivity index (χ2v) is 3.21. The predicted octanol–water partition coefficient (Wildman–Crippen LogP) is -0.110. The van der Waals surface area contributed by atoms with Crippen molar-refractivity contribution in [3.05, 3.63) is 0 Å². The Hall–Kier alpha value is 1.33. The van der Waals surface area contributed by atoms with Crippen molar-refractivity contribution in [2.24, 2.45) is 0 Å². The van der Waals surface area contributed by atoms with Gasteiger partial charge in [-0.25, -0.2) is 0 Å². The molecule has 0 aliphatic carbocycles. The molecule has 0 aromatic rings. The molecule has 0 rings (SSSR count). The topological polar surface area (TPSA) is 88.4 Å². The normalized spacial score (nSPS) is 8.53. The molecule has 19 heavy (non-hydrogen) atoms. The largest absolute Gasteiger partial charge is 2.00 e. The van der Waals surface area contributed by atoms with E-state index in [1.807, 2.05) is 0 Å². The summed E-state index contributed by atoms with van der Waals surface area (Å²) in [5, 5.41) is 24.4. The van der Waals surface area contributed by atoms with Gasteiger partial charge in [0.15, 0.2) is 0 Å². The zero-order valence-corrected chi connectivity index (χ0v) is 17.1. The molecular formula is C12H32BaO6. The van der Waals surface area contributed by atoms with Crippen LogP contribution < -0.4 is 0 Å². The number of ether oxygens (including phenoxy) is 3. The minimum Gasteiger partial charge on any atom is -1.00 e. The van der Waals surface area contributed by atoms with Crippen LogP contribution in [0, 0.1) is 0 Å². The van der Waals surface area contributed by atoms with Crippen LogP contribution >= 0.6 is 0 Å². The van der Waals surface area contributed by atoms with Gasteiger partial charge >= 0.3 is 48.9 Å². The van der Waals surface area contributed by atoms with E-state index >= 15 is 0 Å². The van der Waals surface area contributed by atoms with Crippen molar-refractivity contribution in [3.8, 4) is 0 Å². The Morgan fingerprint density at radius 2 is 0.842 bits per heavy atom. The standard InChI is InChI=1S/3C4H10O2.Ba.2H/c3*1-6-4-2-3-5;;;/h3*5H,2-4H2,1H3;;;/q;;;+2;2*-1. The molecule has 0 saturated heterocycles. The SMILES string of the molecule is COCCCO.COCCCO.COCCCO.[Ba+2].[H-].[H-]. The van der Waals surface area contributed by atoms with Gasteiger partial charge in [-0.1, -0.05) is 0 Å². The summed E-state index contributed by atoms with van der Waals surface area (Å²) >= 11 is 0. The number of aliphatic hydroxyl groups excluding tert-OH is 3. The molecule has 0 amide bonds. The number of hydrogen-bond donors (Lipinski definition) is 3. The van der Waals surface area contributed by atoms with Crippen LogP contribution in [-0.4, -0.2) is 125 Å². The molecule has 0 aromatic carbocycles. The maximum Gasteiger partial charge on any atom is 2.00 e. The van der Waals surface area contributed by atoms with Crippen LogP contribution in [0.25, 0.3) is 0 Å². The Bertz CT molecular complexity index is 86.7. The number of aliphatic hydroxyl groups is 3. The minimum absolute atomic E-state index is 0. The Morgan fingerprint density at radius 3 is 0.895 bits per heavy atom. The van der Waals surface area contributed by atoms with Gasteiger partial charge in [-0.3, -0.25) is 0 Å². The van der Waals surface area contributed by atoms with E-state index in [0.717, 1.165) is 19.3 Å². The maximum atomic E-state index is 8.12. The van der Waals surface area contributed by atoms with Crippen molar-refractivity contribution >= 4 is 48.9 Å². The molecule has 0 aliphatic heterocycles. The molecule has 0 heterocycles. The number of hydrogen-bond acceptors (Lipinski definition) is 6. The fraction of sp³-hybridized carbons (Fsp3) is 1.00. The summed E-state index contributed by atoms with van der Waals surface area (Å²) < 4.78 is 13.9. The van der Waals surface area contributed by atoms with Crippen molar-refractivity contribution in [1.82, 2.24) is 0 Å². The van der Waals surface area contributed by atoms with E-state index in [1.54, 1.807) is 21.3 Å². The van der Waals surface area contributed by atoms with Crippen molar-refractivity contribution in [3.63, 3.8) is 0 Å². The number of methoxy groups -OCH3 is 3. The molecule has 7 heteroatoms. The number of rotatable bonds is 9. The smallest absolute Gasteiger partial charge is 1.00 e. The van der Waals surface area contributed by atoms with Gasteiger partial charge in [0.05, 0.1) is 0 Å². The van der Waals surface area contributed by atoms with Gasteiger partial charge in [-0.05, 0) is 19.3 Å². The first kappa shape index (κ1) is 28.5. The molecule has 0 bridgehead atoms. The summed E-state index contributed by atoms with van der Waals surface area (Å²) in [7, 11) is 4.86. The minimum atomic E-state index is 0. The zero-order valence-electron chi connectivity index (χ0n) is 14.6. The molecule has 118 valence electrons. The van der Waals surface area contributed by atoms with E-state index in [4.69, 9.17) is 15.3 Å². The average molecular weight is 410 g/mol. The molecule has 0 aromatic heterocycles. The van der Waals surface area contributed by atoms with E-state index in [1.165, 1.54) is 0 Å². The fourth-order valence-corrected chi connectivity index (χ4v) is 0.627. The van der Waals surface area contributed by atoms with Crippen LogP contribution in [0.1, 0.15) is 22.1 Å². The van der Waals surface area contributed by atoms with Crippen molar-refractivity contribution in [1.29, 1.82) is 0 Å². The first-order chi connectivity index (χ1) is 8.74. The first-order valence-electron chi connectivity index (χ1n) is 6.04. The third-order valence-corrected chi connectivity index (χ3v) is 1.52. The van der Waals surface area contributed by atoms with E-state index in [9.17, 15) is 0 Å². The van der Waals surface area contributed by atoms with Crippen molar-refractivity contribution < 1.29 is 32.4 Å². The first-order valence-corrected chi connectivity index (χ1v) is 6.04. The third-order valence-electron chi connectivity index (χ3n) is 1.52. The summed E-state index contributed by atoms with van der Waals surface area (Å²) in [6.45, 7) is 2.68.